The molecule has 3 atom stereocenters. The van der Waals surface area contributed by atoms with Crippen LogP contribution >= 0.6 is 0 Å². The second kappa shape index (κ2) is 4.52. The number of rotatable bonds is 2. The van der Waals surface area contributed by atoms with E-state index in [9.17, 15) is 0 Å². The number of aryl methyl sites for hydroxylation is 1. The topological polar surface area (TPSA) is 77.2 Å². The number of nitrogens with zero attached hydrogens (tertiary/aromatic N) is 5. The summed E-state index contributed by atoms with van der Waals surface area (Å²) in [6.45, 7) is 4.14. The minimum absolute atomic E-state index is 0.176. The van der Waals surface area contributed by atoms with Gasteiger partial charge < -0.3 is 14.1 Å². The van der Waals surface area contributed by atoms with Gasteiger partial charge in [0.25, 0.3) is 0 Å². The van der Waals surface area contributed by atoms with Gasteiger partial charge in [-0.2, -0.15) is 0 Å². The third-order valence-corrected chi connectivity index (χ3v) is 4.01. The number of aromatic nitrogens is 4. The van der Waals surface area contributed by atoms with Gasteiger partial charge in [-0.05, 0) is 6.07 Å². The van der Waals surface area contributed by atoms with Crippen LogP contribution in [0, 0.1) is 12.8 Å². The van der Waals surface area contributed by atoms with Crippen LogP contribution in [0.25, 0.3) is 0 Å². The Morgan fingerprint density at radius 2 is 2.05 bits per heavy atom. The molecule has 2 saturated heterocycles. The summed E-state index contributed by atoms with van der Waals surface area (Å²) in [5, 5.41) is 8.05. The minimum Gasteiger partial charge on any atom is -0.425 e. The molecule has 4 heterocycles. The van der Waals surface area contributed by atoms with Crippen LogP contribution < -0.4 is 4.90 Å². The predicted octanol–water partition coefficient (Wildman–Crippen LogP) is 0.787. The standard InChI is InChI=1S/C13H15N5O2/c1-8-16-17-12(20-8)10-7-19-11-6-18(5-9(10)11)13-14-3-2-4-15-13/h2-4,9-11H,5-7H2,1H3/t9-,10+,11-/m0/s1. The Morgan fingerprint density at radius 1 is 1.20 bits per heavy atom. The van der Waals surface area contributed by atoms with Gasteiger partial charge in [-0.25, -0.2) is 9.97 Å². The van der Waals surface area contributed by atoms with E-state index in [0.29, 0.717) is 24.3 Å². The van der Waals surface area contributed by atoms with Gasteiger partial charge in [0.05, 0.1) is 18.6 Å². The second-order valence-electron chi connectivity index (χ2n) is 5.26. The van der Waals surface area contributed by atoms with Crippen LogP contribution in [0.3, 0.4) is 0 Å². The van der Waals surface area contributed by atoms with Crippen molar-refractivity contribution in [1.29, 1.82) is 0 Å². The maximum absolute atomic E-state index is 5.88. The summed E-state index contributed by atoms with van der Waals surface area (Å²) in [4.78, 5) is 10.8. The summed E-state index contributed by atoms with van der Waals surface area (Å²) in [6.07, 6.45) is 3.71. The molecule has 4 rings (SSSR count). The number of fused-ring (bicyclic) bond motifs is 1. The van der Waals surface area contributed by atoms with Gasteiger partial charge in [-0.1, -0.05) is 0 Å². The minimum atomic E-state index is 0.176. The molecule has 2 aromatic rings. The molecule has 104 valence electrons. The number of anilines is 1. The van der Waals surface area contributed by atoms with E-state index in [1.165, 1.54) is 0 Å². The van der Waals surface area contributed by atoms with Crippen molar-refractivity contribution in [2.45, 2.75) is 18.9 Å². The summed E-state index contributed by atoms with van der Waals surface area (Å²) < 4.78 is 11.4. The van der Waals surface area contributed by atoms with Gasteiger partial charge in [-0.3, -0.25) is 0 Å². The molecule has 7 nitrogen and oxygen atoms in total. The van der Waals surface area contributed by atoms with Crippen LogP contribution in [0.15, 0.2) is 22.9 Å². The first-order valence-electron chi connectivity index (χ1n) is 6.75. The Morgan fingerprint density at radius 3 is 2.80 bits per heavy atom. The van der Waals surface area contributed by atoms with E-state index in [2.05, 4.69) is 25.1 Å². The summed E-state index contributed by atoms with van der Waals surface area (Å²) in [6, 6.07) is 1.82. The normalized spacial score (nSPS) is 28.9. The highest BCUT2D eigenvalue weighted by Gasteiger charge is 2.47. The average molecular weight is 273 g/mol. The molecular formula is C13H15N5O2. The van der Waals surface area contributed by atoms with E-state index in [1.807, 2.05) is 13.0 Å². The fourth-order valence-corrected chi connectivity index (χ4v) is 3.05. The van der Waals surface area contributed by atoms with E-state index >= 15 is 0 Å². The van der Waals surface area contributed by atoms with Gasteiger partial charge >= 0.3 is 0 Å². The van der Waals surface area contributed by atoms with Crippen molar-refractivity contribution >= 4 is 5.95 Å². The molecule has 0 radical (unpaired) electrons. The van der Waals surface area contributed by atoms with E-state index in [1.54, 1.807) is 12.4 Å². The molecule has 0 unspecified atom stereocenters. The summed E-state index contributed by atoms with van der Waals surface area (Å²) in [5.74, 6) is 2.58. The lowest BCUT2D eigenvalue weighted by Gasteiger charge is -2.17. The largest absolute Gasteiger partial charge is 0.425 e. The van der Waals surface area contributed by atoms with Crippen LogP contribution in [0.1, 0.15) is 17.7 Å². The molecule has 2 aliphatic heterocycles. The molecule has 7 heteroatoms. The smallest absolute Gasteiger partial charge is 0.225 e. The van der Waals surface area contributed by atoms with Crippen molar-refractivity contribution in [1.82, 2.24) is 20.2 Å². The highest BCUT2D eigenvalue weighted by molar-refractivity contribution is 5.33. The molecular weight excluding hydrogens is 258 g/mol. The Balaban J connectivity index is 1.55. The highest BCUT2D eigenvalue weighted by atomic mass is 16.5. The van der Waals surface area contributed by atoms with Crippen LogP contribution in [0.2, 0.25) is 0 Å². The van der Waals surface area contributed by atoms with Crippen LogP contribution in [-0.2, 0) is 4.74 Å². The van der Waals surface area contributed by atoms with Crippen LogP contribution in [0.5, 0.6) is 0 Å². The average Bonchev–Trinajstić information content (AvgIpc) is 3.14. The fraction of sp³-hybridized carbons (Fsp3) is 0.538. The zero-order valence-corrected chi connectivity index (χ0v) is 11.1. The summed E-state index contributed by atoms with van der Waals surface area (Å²) >= 11 is 0. The third kappa shape index (κ3) is 1.85. The maximum Gasteiger partial charge on any atom is 0.225 e. The van der Waals surface area contributed by atoms with E-state index in [4.69, 9.17) is 9.15 Å². The summed E-state index contributed by atoms with van der Waals surface area (Å²) in [7, 11) is 0. The van der Waals surface area contributed by atoms with Gasteiger partial charge in [-0.15, -0.1) is 10.2 Å². The Labute approximate surface area is 116 Å². The van der Waals surface area contributed by atoms with Gasteiger partial charge in [0.1, 0.15) is 0 Å². The zero-order valence-electron chi connectivity index (χ0n) is 11.1. The molecule has 0 N–H and O–H groups in total. The first-order valence-corrected chi connectivity index (χ1v) is 6.75. The Hall–Kier alpha value is -2.02. The molecule has 2 aliphatic rings. The number of hydrogen-bond donors (Lipinski definition) is 0. The lowest BCUT2D eigenvalue weighted by molar-refractivity contribution is 0.112. The van der Waals surface area contributed by atoms with E-state index in [0.717, 1.165) is 19.0 Å². The van der Waals surface area contributed by atoms with Crippen molar-refractivity contribution in [3.05, 3.63) is 30.2 Å². The van der Waals surface area contributed by atoms with Gasteiger partial charge in [0, 0.05) is 38.3 Å². The van der Waals surface area contributed by atoms with Crippen LogP contribution in [-0.4, -0.2) is 46.0 Å². The van der Waals surface area contributed by atoms with Crippen molar-refractivity contribution in [2.24, 2.45) is 5.92 Å². The van der Waals surface area contributed by atoms with Crippen molar-refractivity contribution in [3.63, 3.8) is 0 Å². The maximum atomic E-state index is 5.88. The van der Waals surface area contributed by atoms with Crippen molar-refractivity contribution in [3.8, 4) is 0 Å². The predicted molar refractivity (Wildman–Crippen MR) is 69.3 cm³/mol. The van der Waals surface area contributed by atoms with E-state index in [-0.39, 0.29) is 12.0 Å². The molecule has 0 spiro atoms. The molecule has 0 aromatic carbocycles. The molecule has 2 aromatic heterocycles. The molecule has 0 amide bonds. The third-order valence-electron chi connectivity index (χ3n) is 4.01. The fourth-order valence-electron chi connectivity index (χ4n) is 3.05. The zero-order chi connectivity index (χ0) is 13.5. The Bertz CT molecular complexity index is 602. The Kier molecular flexibility index (Phi) is 2.66. The van der Waals surface area contributed by atoms with E-state index < -0.39 is 0 Å². The lowest BCUT2D eigenvalue weighted by atomic mass is 9.93. The monoisotopic (exact) mass is 273 g/mol. The quantitative estimate of drug-likeness (QED) is 0.800. The molecule has 2 fully saturated rings. The first kappa shape index (κ1) is 11.8. The highest BCUT2D eigenvalue weighted by Crippen LogP contribution is 2.39. The molecule has 0 saturated carbocycles. The molecule has 0 aliphatic carbocycles. The molecule has 20 heavy (non-hydrogen) atoms. The van der Waals surface area contributed by atoms with Gasteiger partial charge in [0.2, 0.25) is 17.7 Å². The second-order valence-corrected chi connectivity index (χ2v) is 5.26. The van der Waals surface area contributed by atoms with Crippen molar-refractivity contribution in [2.75, 3.05) is 24.6 Å². The van der Waals surface area contributed by atoms with Crippen LogP contribution in [0.4, 0.5) is 5.95 Å². The SMILES string of the molecule is Cc1nnc([C@@H]2CO[C@H]3CN(c4ncccn4)C[C@H]32)o1. The van der Waals surface area contributed by atoms with Gasteiger partial charge in [0.15, 0.2) is 0 Å². The first-order chi connectivity index (χ1) is 9.81. The molecule has 0 bridgehead atoms. The number of hydrogen-bond acceptors (Lipinski definition) is 7. The summed E-state index contributed by atoms with van der Waals surface area (Å²) in [5.41, 5.74) is 0. The lowest BCUT2D eigenvalue weighted by Crippen LogP contribution is -2.25. The van der Waals surface area contributed by atoms with Crippen molar-refractivity contribution < 1.29 is 9.15 Å². The number of ether oxygens (including phenoxy) is 1.